The lowest BCUT2D eigenvalue weighted by Gasteiger charge is -2.17. The monoisotopic (exact) mass is 347 g/mol. The largest absolute Gasteiger partial charge is 0.497 e. The molecule has 2 aromatic carbocycles. The smallest absolute Gasteiger partial charge is 0.272 e. The third-order valence-corrected chi connectivity index (χ3v) is 3.95. The quantitative estimate of drug-likeness (QED) is 0.729. The van der Waals surface area contributed by atoms with Crippen LogP contribution in [0.5, 0.6) is 5.75 Å². The minimum atomic E-state index is -0.109. The van der Waals surface area contributed by atoms with Gasteiger partial charge >= 0.3 is 0 Å². The Morgan fingerprint density at radius 3 is 2.54 bits per heavy atom. The minimum Gasteiger partial charge on any atom is -0.497 e. The van der Waals surface area contributed by atoms with Crippen LogP contribution in [-0.4, -0.2) is 29.9 Å². The lowest BCUT2D eigenvalue weighted by atomic mass is 10.2. The number of hydrogen-bond donors (Lipinski definition) is 1. The number of pyridine rings is 1. The molecule has 0 spiro atoms. The number of nitrogens with zero attached hydrogens (tertiary/aromatic N) is 2. The number of carbonyl (C=O) groups excluding carboxylic acids is 1. The number of methoxy groups -OCH3 is 1. The summed E-state index contributed by atoms with van der Waals surface area (Å²) in [5, 5.41) is 3.25. The van der Waals surface area contributed by atoms with Crippen molar-refractivity contribution in [1.29, 1.82) is 0 Å². The zero-order valence-electron chi connectivity index (χ0n) is 14.8. The molecule has 0 aliphatic rings. The molecular formula is C21H21N3O2. The highest BCUT2D eigenvalue weighted by atomic mass is 16.5. The van der Waals surface area contributed by atoms with E-state index >= 15 is 0 Å². The summed E-state index contributed by atoms with van der Waals surface area (Å²) in [6, 6.07) is 21.1. The average Bonchev–Trinajstić information content (AvgIpc) is 2.69. The number of amides is 1. The van der Waals surface area contributed by atoms with Gasteiger partial charge in [-0.1, -0.05) is 36.4 Å². The fourth-order valence-electron chi connectivity index (χ4n) is 2.59. The number of benzene rings is 2. The molecule has 0 saturated heterocycles. The summed E-state index contributed by atoms with van der Waals surface area (Å²) in [5.74, 6) is 0.666. The molecule has 1 amide bonds. The topological polar surface area (TPSA) is 54.5 Å². The number of carbonyl (C=O) groups is 1. The van der Waals surface area contributed by atoms with E-state index in [2.05, 4.69) is 10.3 Å². The molecule has 5 nitrogen and oxygen atoms in total. The van der Waals surface area contributed by atoms with Crippen LogP contribution in [0.4, 0.5) is 11.4 Å². The molecular weight excluding hydrogens is 326 g/mol. The summed E-state index contributed by atoms with van der Waals surface area (Å²) < 4.78 is 5.21. The fraction of sp³-hybridized carbons (Fsp3) is 0.143. The lowest BCUT2D eigenvalue weighted by molar-refractivity contribution is 0.0779. The Labute approximate surface area is 153 Å². The number of nitrogens with one attached hydrogen (secondary N) is 1. The fourth-order valence-corrected chi connectivity index (χ4v) is 2.59. The van der Waals surface area contributed by atoms with E-state index in [1.165, 1.54) is 0 Å². The summed E-state index contributed by atoms with van der Waals surface area (Å²) in [6.07, 6.45) is 1.66. The Balaban J connectivity index is 1.65. The van der Waals surface area contributed by atoms with Crippen LogP contribution < -0.4 is 10.1 Å². The van der Waals surface area contributed by atoms with Gasteiger partial charge < -0.3 is 15.0 Å². The molecule has 26 heavy (non-hydrogen) atoms. The number of ether oxygens (including phenoxy) is 1. The van der Waals surface area contributed by atoms with Gasteiger partial charge in [-0.05, 0) is 29.8 Å². The summed E-state index contributed by atoms with van der Waals surface area (Å²) in [4.78, 5) is 18.5. The van der Waals surface area contributed by atoms with E-state index in [1.54, 1.807) is 31.3 Å². The minimum absolute atomic E-state index is 0.109. The molecule has 0 fully saturated rings. The SMILES string of the molecule is COc1cccc(Nc2ccc(C(=O)N(C)Cc3ccccc3)nc2)c1. The van der Waals surface area contributed by atoms with Crippen LogP contribution in [0.15, 0.2) is 72.9 Å². The predicted octanol–water partition coefficient (Wildman–Crippen LogP) is 4.11. The molecule has 0 bridgehead atoms. The molecule has 1 aromatic heterocycles. The van der Waals surface area contributed by atoms with E-state index in [1.807, 2.05) is 60.7 Å². The number of rotatable bonds is 6. The maximum absolute atomic E-state index is 12.5. The van der Waals surface area contributed by atoms with Crippen LogP contribution in [0, 0.1) is 0 Å². The Morgan fingerprint density at radius 1 is 1.04 bits per heavy atom. The second-order valence-corrected chi connectivity index (χ2v) is 5.94. The van der Waals surface area contributed by atoms with Crippen molar-refractivity contribution >= 4 is 17.3 Å². The van der Waals surface area contributed by atoms with Gasteiger partial charge in [-0.3, -0.25) is 4.79 Å². The molecule has 0 unspecified atom stereocenters. The van der Waals surface area contributed by atoms with Crippen molar-refractivity contribution in [3.05, 3.63) is 84.2 Å². The van der Waals surface area contributed by atoms with Crippen LogP contribution >= 0.6 is 0 Å². The first-order valence-electron chi connectivity index (χ1n) is 8.32. The van der Waals surface area contributed by atoms with Crippen LogP contribution in [-0.2, 0) is 6.54 Å². The zero-order valence-corrected chi connectivity index (χ0v) is 14.8. The maximum Gasteiger partial charge on any atom is 0.272 e. The Hall–Kier alpha value is -3.34. The molecule has 0 saturated carbocycles. The van der Waals surface area contributed by atoms with E-state index in [4.69, 9.17) is 4.74 Å². The van der Waals surface area contributed by atoms with Crippen LogP contribution in [0.2, 0.25) is 0 Å². The highest BCUT2D eigenvalue weighted by Gasteiger charge is 2.13. The van der Waals surface area contributed by atoms with E-state index in [0.717, 1.165) is 22.7 Å². The highest BCUT2D eigenvalue weighted by Crippen LogP contribution is 2.21. The first kappa shape index (κ1) is 17.5. The standard InChI is InChI=1S/C21H21N3O2/c1-24(15-16-7-4-3-5-8-16)21(25)20-12-11-18(14-22-20)23-17-9-6-10-19(13-17)26-2/h3-14,23H,15H2,1-2H3. The summed E-state index contributed by atoms with van der Waals surface area (Å²) in [6.45, 7) is 0.547. The van der Waals surface area contributed by atoms with Crippen molar-refractivity contribution in [2.45, 2.75) is 6.54 Å². The van der Waals surface area contributed by atoms with Gasteiger partial charge in [0.25, 0.3) is 5.91 Å². The second-order valence-electron chi connectivity index (χ2n) is 5.94. The first-order chi connectivity index (χ1) is 12.7. The molecule has 0 aliphatic carbocycles. The Kier molecular flexibility index (Phi) is 5.49. The highest BCUT2D eigenvalue weighted by molar-refractivity contribution is 5.92. The van der Waals surface area contributed by atoms with Crippen molar-refractivity contribution < 1.29 is 9.53 Å². The van der Waals surface area contributed by atoms with Gasteiger partial charge in [-0.25, -0.2) is 4.98 Å². The van der Waals surface area contributed by atoms with Gasteiger partial charge in [0.05, 0.1) is 19.0 Å². The second kappa shape index (κ2) is 8.16. The summed E-state index contributed by atoms with van der Waals surface area (Å²) in [7, 11) is 3.41. The third kappa shape index (κ3) is 4.39. The third-order valence-electron chi connectivity index (χ3n) is 3.95. The van der Waals surface area contributed by atoms with Crippen molar-refractivity contribution in [2.75, 3.05) is 19.5 Å². The molecule has 3 rings (SSSR count). The Morgan fingerprint density at radius 2 is 1.85 bits per heavy atom. The maximum atomic E-state index is 12.5. The first-order valence-corrected chi connectivity index (χ1v) is 8.32. The van der Waals surface area contributed by atoms with Crippen LogP contribution in [0.1, 0.15) is 16.1 Å². The lowest BCUT2D eigenvalue weighted by Crippen LogP contribution is -2.26. The average molecular weight is 347 g/mol. The molecule has 3 aromatic rings. The van der Waals surface area contributed by atoms with Gasteiger partial charge in [0.2, 0.25) is 0 Å². The van der Waals surface area contributed by atoms with Crippen LogP contribution in [0.3, 0.4) is 0 Å². The van der Waals surface area contributed by atoms with Crippen molar-refractivity contribution in [3.8, 4) is 5.75 Å². The van der Waals surface area contributed by atoms with Crippen LogP contribution in [0.25, 0.3) is 0 Å². The van der Waals surface area contributed by atoms with Gasteiger partial charge in [0.1, 0.15) is 11.4 Å². The van der Waals surface area contributed by atoms with Crippen molar-refractivity contribution in [3.63, 3.8) is 0 Å². The number of hydrogen-bond acceptors (Lipinski definition) is 4. The van der Waals surface area contributed by atoms with E-state index in [9.17, 15) is 4.79 Å². The zero-order chi connectivity index (χ0) is 18.4. The molecule has 132 valence electrons. The molecule has 0 aliphatic heterocycles. The Bertz CT molecular complexity index is 864. The van der Waals surface area contributed by atoms with Gasteiger partial charge in [-0.15, -0.1) is 0 Å². The molecule has 1 heterocycles. The summed E-state index contributed by atoms with van der Waals surface area (Å²) >= 11 is 0. The van der Waals surface area contributed by atoms with E-state index < -0.39 is 0 Å². The predicted molar refractivity (Wildman–Crippen MR) is 103 cm³/mol. The van der Waals surface area contributed by atoms with Gasteiger partial charge in [0, 0.05) is 25.3 Å². The molecule has 5 heteroatoms. The number of anilines is 2. The van der Waals surface area contributed by atoms with E-state index in [0.29, 0.717) is 12.2 Å². The van der Waals surface area contributed by atoms with Crippen molar-refractivity contribution in [2.24, 2.45) is 0 Å². The van der Waals surface area contributed by atoms with E-state index in [-0.39, 0.29) is 5.91 Å². The van der Waals surface area contributed by atoms with Gasteiger partial charge in [-0.2, -0.15) is 0 Å². The number of aromatic nitrogens is 1. The van der Waals surface area contributed by atoms with Gasteiger partial charge in [0.15, 0.2) is 0 Å². The summed E-state index contributed by atoms with van der Waals surface area (Å²) in [5.41, 5.74) is 3.20. The molecule has 0 atom stereocenters. The molecule has 1 N–H and O–H groups in total. The van der Waals surface area contributed by atoms with Crippen molar-refractivity contribution in [1.82, 2.24) is 9.88 Å². The normalized spacial score (nSPS) is 10.2. The molecule has 0 radical (unpaired) electrons.